The van der Waals surface area contributed by atoms with Crippen LogP contribution in [0.15, 0.2) is 67.0 Å². The summed E-state index contributed by atoms with van der Waals surface area (Å²) >= 11 is 0. The first-order valence-electron chi connectivity index (χ1n) is 11.8. The van der Waals surface area contributed by atoms with E-state index in [-0.39, 0.29) is 37.2 Å². The lowest BCUT2D eigenvalue weighted by Crippen LogP contribution is -2.25. The minimum Gasteiger partial charge on any atom is -0.472 e. The second-order valence-corrected chi connectivity index (χ2v) is 8.54. The standard InChI is InChI=1S/C27H22FN5O4/c28-19-6-4-17(5-7-19)15-35-26-21(25(34)30-13-20-3-1-2-9-29-20)14-31-27(32-26)33-10-8-18-11-23-24(12-22(18)33)37-16-36-23/h1-7,9,11-12,14H,8,10,13,15-16H2,(H,30,34). The molecule has 0 saturated carbocycles. The first-order chi connectivity index (χ1) is 18.1. The second-order valence-electron chi connectivity index (χ2n) is 8.54. The quantitative estimate of drug-likeness (QED) is 0.408. The molecule has 1 amide bonds. The number of pyridine rings is 1. The van der Waals surface area contributed by atoms with Crippen molar-refractivity contribution in [1.29, 1.82) is 0 Å². The van der Waals surface area contributed by atoms with Crippen LogP contribution < -0.4 is 24.4 Å². The fourth-order valence-electron chi connectivity index (χ4n) is 4.24. The molecule has 2 aliphatic heterocycles. The maximum atomic E-state index is 13.3. The summed E-state index contributed by atoms with van der Waals surface area (Å²) < 4.78 is 30.3. The third kappa shape index (κ3) is 4.73. The molecule has 186 valence electrons. The van der Waals surface area contributed by atoms with Gasteiger partial charge in [-0.2, -0.15) is 4.98 Å². The van der Waals surface area contributed by atoms with Crippen LogP contribution in [0.4, 0.5) is 16.0 Å². The summed E-state index contributed by atoms with van der Waals surface area (Å²) in [6, 6.07) is 15.3. The molecule has 0 atom stereocenters. The van der Waals surface area contributed by atoms with Crippen molar-refractivity contribution in [3.63, 3.8) is 0 Å². The summed E-state index contributed by atoms with van der Waals surface area (Å²) in [7, 11) is 0. The van der Waals surface area contributed by atoms with Gasteiger partial charge in [0.2, 0.25) is 18.6 Å². The van der Waals surface area contributed by atoms with Gasteiger partial charge in [-0.3, -0.25) is 9.78 Å². The summed E-state index contributed by atoms with van der Waals surface area (Å²) in [6.07, 6.45) is 3.91. The molecule has 0 saturated heterocycles. The van der Waals surface area contributed by atoms with E-state index < -0.39 is 5.91 Å². The number of benzene rings is 2. The third-order valence-corrected chi connectivity index (χ3v) is 6.14. The van der Waals surface area contributed by atoms with Crippen molar-refractivity contribution in [1.82, 2.24) is 20.3 Å². The van der Waals surface area contributed by atoms with Crippen molar-refractivity contribution in [3.05, 3.63) is 95.2 Å². The zero-order valence-corrected chi connectivity index (χ0v) is 19.7. The molecule has 2 aromatic heterocycles. The van der Waals surface area contributed by atoms with E-state index in [1.54, 1.807) is 18.3 Å². The molecule has 6 rings (SSSR count). The van der Waals surface area contributed by atoms with Crippen molar-refractivity contribution in [2.24, 2.45) is 0 Å². The minimum atomic E-state index is -0.392. The van der Waals surface area contributed by atoms with Crippen LogP contribution in [0.5, 0.6) is 17.4 Å². The monoisotopic (exact) mass is 499 g/mol. The number of amides is 1. The number of ether oxygens (including phenoxy) is 3. The topological polar surface area (TPSA) is 98.7 Å². The molecule has 9 nitrogen and oxygen atoms in total. The lowest BCUT2D eigenvalue weighted by Gasteiger charge is -2.19. The van der Waals surface area contributed by atoms with E-state index in [9.17, 15) is 9.18 Å². The van der Waals surface area contributed by atoms with Gasteiger partial charge >= 0.3 is 0 Å². The molecule has 2 aromatic carbocycles. The number of nitrogens with zero attached hydrogens (tertiary/aromatic N) is 4. The normalized spacial score (nSPS) is 13.4. The van der Waals surface area contributed by atoms with Gasteiger partial charge in [-0.15, -0.1) is 0 Å². The zero-order chi connectivity index (χ0) is 25.2. The molecule has 0 fully saturated rings. The van der Waals surface area contributed by atoms with E-state index in [2.05, 4.69) is 20.3 Å². The largest absolute Gasteiger partial charge is 0.472 e. The van der Waals surface area contributed by atoms with E-state index >= 15 is 0 Å². The van der Waals surface area contributed by atoms with Gasteiger partial charge in [0.15, 0.2) is 11.5 Å². The van der Waals surface area contributed by atoms with Crippen LogP contribution in [-0.2, 0) is 19.6 Å². The number of carbonyl (C=O) groups excluding carboxylic acids is 1. The molecule has 0 bridgehead atoms. The van der Waals surface area contributed by atoms with Gasteiger partial charge < -0.3 is 24.4 Å². The third-order valence-electron chi connectivity index (χ3n) is 6.14. The van der Waals surface area contributed by atoms with Crippen LogP contribution >= 0.6 is 0 Å². The highest BCUT2D eigenvalue weighted by molar-refractivity contribution is 5.96. The lowest BCUT2D eigenvalue weighted by atomic mass is 10.1. The number of fused-ring (bicyclic) bond motifs is 2. The van der Waals surface area contributed by atoms with E-state index in [1.165, 1.54) is 18.3 Å². The minimum absolute atomic E-state index is 0.104. The van der Waals surface area contributed by atoms with E-state index in [4.69, 9.17) is 14.2 Å². The Morgan fingerprint density at radius 2 is 1.92 bits per heavy atom. The maximum absolute atomic E-state index is 13.3. The van der Waals surface area contributed by atoms with Crippen molar-refractivity contribution in [3.8, 4) is 17.4 Å². The number of rotatable bonds is 7. The number of hydrogen-bond acceptors (Lipinski definition) is 8. The van der Waals surface area contributed by atoms with E-state index in [0.717, 1.165) is 34.7 Å². The average molecular weight is 500 g/mol. The van der Waals surface area contributed by atoms with Crippen LogP contribution in [0.2, 0.25) is 0 Å². The summed E-state index contributed by atoms with van der Waals surface area (Å²) in [6.45, 7) is 1.19. The highest BCUT2D eigenvalue weighted by Crippen LogP contribution is 2.43. The van der Waals surface area contributed by atoms with Crippen LogP contribution in [0, 0.1) is 5.82 Å². The van der Waals surface area contributed by atoms with Gasteiger partial charge in [0.05, 0.1) is 17.9 Å². The fraction of sp³-hybridized carbons (Fsp3) is 0.185. The van der Waals surface area contributed by atoms with Gasteiger partial charge in [-0.1, -0.05) is 18.2 Å². The first-order valence-corrected chi connectivity index (χ1v) is 11.8. The molecular weight excluding hydrogens is 477 g/mol. The van der Waals surface area contributed by atoms with Gasteiger partial charge in [-0.05, 0) is 47.9 Å². The number of hydrogen-bond donors (Lipinski definition) is 1. The number of halogens is 1. The van der Waals surface area contributed by atoms with E-state index in [0.29, 0.717) is 18.2 Å². The Labute approximate surface area is 211 Å². The predicted octanol–water partition coefficient (Wildman–Crippen LogP) is 3.94. The van der Waals surface area contributed by atoms with Gasteiger partial charge in [0, 0.05) is 25.0 Å². The van der Waals surface area contributed by atoms with Crippen LogP contribution in [0.3, 0.4) is 0 Å². The second kappa shape index (κ2) is 9.73. The Hall–Kier alpha value is -4.73. The number of nitrogens with one attached hydrogen (secondary N) is 1. The van der Waals surface area contributed by atoms with Gasteiger partial charge in [-0.25, -0.2) is 9.37 Å². The maximum Gasteiger partial charge on any atom is 0.258 e. The predicted molar refractivity (Wildman–Crippen MR) is 131 cm³/mol. The summed E-state index contributed by atoms with van der Waals surface area (Å²) in [5.74, 6) is 1.19. The highest BCUT2D eigenvalue weighted by atomic mass is 19.1. The Balaban J connectivity index is 1.28. The molecule has 0 spiro atoms. The molecule has 0 radical (unpaired) electrons. The van der Waals surface area contributed by atoms with Crippen molar-refractivity contribution in [2.45, 2.75) is 19.6 Å². The van der Waals surface area contributed by atoms with Crippen molar-refractivity contribution in [2.75, 3.05) is 18.2 Å². The van der Waals surface area contributed by atoms with Crippen molar-refractivity contribution >= 4 is 17.5 Å². The van der Waals surface area contributed by atoms with Gasteiger partial charge in [0.25, 0.3) is 5.91 Å². The molecule has 1 N–H and O–H groups in total. The van der Waals surface area contributed by atoms with Crippen molar-refractivity contribution < 1.29 is 23.4 Å². The highest BCUT2D eigenvalue weighted by Gasteiger charge is 2.28. The summed E-state index contributed by atoms with van der Waals surface area (Å²) in [4.78, 5) is 28.4. The fourth-order valence-corrected chi connectivity index (χ4v) is 4.24. The zero-order valence-electron chi connectivity index (χ0n) is 19.7. The van der Waals surface area contributed by atoms with Gasteiger partial charge in [0.1, 0.15) is 18.0 Å². The summed E-state index contributed by atoms with van der Waals surface area (Å²) in [5, 5.41) is 2.84. The molecule has 4 heterocycles. The number of aromatic nitrogens is 3. The Morgan fingerprint density at radius 1 is 1.08 bits per heavy atom. The molecule has 37 heavy (non-hydrogen) atoms. The van der Waals surface area contributed by atoms with Crippen LogP contribution in [0.1, 0.15) is 27.2 Å². The average Bonchev–Trinajstić information content (AvgIpc) is 3.57. The Kier molecular flexibility index (Phi) is 5.97. The number of carbonyl (C=O) groups is 1. The lowest BCUT2D eigenvalue weighted by molar-refractivity contribution is 0.0944. The molecule has 2 aliphatic rings. The SMILES string of the molecule is O=C(NCc1ccccn1)c1cnc(N2CCc3cc4c(cc32)OCO4)nc1OCc1ccc(F)cc1. The molecule has 10 heteroatoms. The molecule has 0 unspecified atom stereocenters. The molecular formula is C27H22FN5O4. The van der Waals surface area contributed by atoms with E-state index in [1.807, 2.05) is 35.2 Å². The first kappa shape index (κ1) is 22.7. The van der Waals surface area contributed by atoms with Crippen LogP contribution in [0.25, 0.3) is 0 Å². The molecule has 0 aliphatic carbocycles. The van der Waals surface area contributed by atoms with Crippen LogP contribution in [-0.4, -0.2) is 34.2 Å². The molecule has 4 aromatic rings. The summed E-state index contributed by atoms with van der Waals surface area (Å²) in [5.41, 5.74) is 3.65. The number of anilines is 2. The Morgan fingerprint density at radius 3 is 2.73 bits per heavy atom. The smallest absolute Gasteiger partial charge is 0.258 e. The Bertz CT molecular complexity index is 1450.